The number of aryl methyl sites for hydroxylation is 2. The molecule has 1 N–H and O–H groups in total. The van der Waals surface area contributed by atoms with Crippen LogP contribution in [0.4, 0.5) is 0 Å². The van der Waals surface area contributed by atoms with E-state index in [1.54, 1.807) is 10.9 Å². The van der Waals surface area contributed by atoms with E-state index >= 15 is 0 Å². The van der Waals surface area contributed by atoms with E-state index in [2.05, 4.69) is 22.5 Å². The molecule has 4 rings (SSSR count). The van der Waals surface area contributed by atoms with E-state index < -0.39 is 0 Å². The molecule has 1 amide bonds. The molecule has 2 heterocycles. The number of carbonyl (C=O) groups excluding carboxylic acids is 1. The molecule has 0 saturated carbocycles. The second-order valence-corrected chi connectivity index (χ2v) is 5.86. The fourth-order valence-corrected chi connectivity index (χ4v) is 3.32. The summed E-state index contributed by atoms with van der Waals surface area (Å²) in [6.07, 6.45) is 7.42. The number of hydrogen-bond acceptors (Lipinski definition) is 2. The van der Waals surface area contributed by atoms with Crippen molar-refractivity contribution in [1.82, 2.24) is 19.7 Å². The molecule has 5 nitrogen and oxygen atoms in total. The minimum atomic E-state index is -0.0801. The van der Waals surface area contributed by atoms with Crippen LogP contribution in [-0.2, 0) is 13.5 Å². The Bertz CT molecular complexity index is 848. The van der Waals surface area contributed by atoms with Gasteiger partial charge < -0.3 is 9.88 Å². The average Bonchev–Trinajstić information content (AvgIpc) is 3.27. The van der Waals surface area contributed by atoms with Gasteiger partial charge in [-0.3, -0.25) is 9.48 Å². The minimum Gasteiger partial charge on any atom is -0.345 e. The Labute approximate surface area is 134 Å². The molecule has 2 aromatic heterocycles. The second kappa shape index (κ2) is 5.43. The number of rotatable bonds is 3. The topological polar surface area (TPSA) is 51.9 Å². The van der Waals surface area contributed by atoms with Crippen LogP contribution >= 0.6 is 0 Å². The van der Waals surface area contributed by atoms with Crippen LogP contribution in [0.5, 0.6) is 0 Å². The van der Waals surface area contributed by atoms with Gasteiger partial charge in [0, 0.05) is 19.4 Å². The standard InChI is InChI=1S/C18H18N4O/c1-21-18(22-10-4-5-11-22)15(12-19-21)17(23)20-16-9-8-13-6-2-3-7-14(13)16/h2-7,10-12,16H,8-9H2,1H3,(H,20,23)/t16-/m0/s1. The van der Waals surface area contributed by atoms with Gasteiger partial charge in [0.1, 0.15) is 11.4 Å². The summed E-state index contributed by atoms with van der Waals surface area (Å²) in [7, 11) is 1.84. The maximum absolute atomic E-state index is 12.8. The maximum atomic E-state index is 12.8. The molecule has 0 saturated heterocycles. The predicted octanol–water partition coefficient (Wildman–Crippen LogP) is 2.63. The van der Waals surface area contributed by atoms with Crippen molar-refractivity contribution < 1.29 is 4.79 Å². The smallest absolute Gasteiger partial charge is 0.257 e. The van der Waals surface area contributed by atoms with Crippen molar-refractivity contribution in [2.24, 2.45) is 7.05 Å². The lowest BCUT2D eigenvalue weighted by Crippen LogP contribution is -2.28. The van der Waals surface area contributed by atoms with Crippen LogP contribution in [0, 0.1) is 0 Å². The zero-order valence-corrected chi connectivity index (χ0v) is 12.9. The van der Waals surface area contributed by atoms with Gasteiger partial charge in [-0.1, -0.05) is 24.3 Å². The van der Waals surface area contributed by atoms with Crippen molar-refractivity contribution in [3.05, 3.63) is 71.7 Å². The van der Waals surface area contributed by atoms with Gasteiger partial charge in [0.2, 0.25) is 0 Å². The van der Waals surface area contributed by atoms with Crippen molar-refractivity contribution in [1.29, 1.82) is 0 Å². The van der Waals surface area contributed by atoms with Crippen molar-refractivity contribution in [2.45, 2.75) is 18.9 Å². The highest BCUT2D eigenvalue weighted by atomic mass is 16.1. The highest BCUT2D eigenvalue weighted by Gasteiger charge is 2.26. The first kappa shape index (κ1) is 13.8. The third-order valence-electron chi connectivity index (χ3n) is 4.44. The Morgan fingerprint density at radius 3 is 2.83 bits per heavy atom. The van der Waals surface area contributed by atoms with E-state index in [-0.39, 0.29) is 11.9 Å². The number of benzene rings is 1. The van der Waals surface area contributed by atoms with Crippen molar-refractivity contribution in [3.63, 3.8) is 0 Å². The Balaban J connectivity index is 1.62. The van der Waals surface area contributed by atoms with Crippen LogP contribution in [0.1, 0.15) is 33.9 Å². The Hall–Kier alpha value is -2.82. The first-order chi connectivity index (χ1) is 11.2. The molecule has 0 aliphatic heterocycles. The van der Waals surface area contributed by atoms with Crippen LogP contribution < -0.4 is 5.32 Å². The third kappa shape index (κ3) is 2.34. The molecule has 1 aliphatic carbocycles. The lowest BCUT2D eigenvalue weighted by atomic mass is 10.1. The molecule has 0 unspecified atom stereocenters. The number of aromatic nitrogens is 3. The molecule has 0 bridgehead atoms. The van der Waals surface area contributed by atoms with Crippen molar-refractivity contribution in [3.8, 4) is 5.82 Å². The zero-order chi connectivity index (χ0) is 15.8. The summed E-state index contributed by atoms with van der Waals surface area (Å²) in [6.45, 7) is 0. The fraction of sp³-hybridized carbons (Fsp3) is 0.222. The van der Waals surface area contributed by atoms with Crippen LogP contribution in [-0.4, -0.2) is 20.3 Å². The average molecular weight is 306 g/mol. The molecule has 0 radical (unpaired) electrons. The molecular weight excluding hydrogens is 288 g/mol. The van der Waals surface area contributed by atoms with Crippen molar-refractivity contribution >= 4 is 5.91 Å². The molecule has 0 fully saturated rings. The minimum absolute atomic E-state index is 0.0800. The van der Waals surface area contributed by atoms with Gasteiger partial charge in [-0.15, -0.1) is 0 Å². The molecule has 1 aliphatic rings. The summed E-state index contributed by atoms with van der Waals surface area (Å²) >= 11 is 0. The number of nitrogens with one attached hydrogen (secondary N) is 1. The summed E-state index contributed by atoms with van der Waals surface area (Å²) < 4.78 is 3.63. The van der Waals surface area contributed by atoms with E-state index in [1.807, 2.05) is 48.3 Å². The number of fused-ring (bicyclic) bond motifs is 1. The van der Waals surface area contributed by atoms with E-state index in [1.165, 1.54) is 11.1 Å². The summed E-state index contributed by atoms with van der Waals surface area (Å²) in [6, 6.07) is 12.3. The van der Waals surface area contributed by atoms with E-state index in [0.717, 1.165) is 18.7 Å². The second-order valence-electron chi connectivity index (χ2n) is 5.86. The Morgan fingerprint density at radius 2 is 2.00 bits per heavy atom. The highest BCUT2D eigenvalue weighted by Crippen LogP contribution is 2.31. The van der Waals surface area contributed by atoms with Gasteiger partial charge in [0.25, 0.3) is 5.91 Å². The zero-order valence-electron chi connectivity index (χ0n) is 12.9. The SMILES string of the molecule is Cn1ncc(C(=O)N[C@H]2CCc3ccccc32)c1-n1cccc1. The lowest BCUT2D eigenvalue weighted by molar-refractivity contribution is 0.0936. The molecular formula is C18H18N4O. The molecule has 23 heavy (non-hydrogen) atoms. The van der Waals surface area contributed by atoms with Crippen LogP contribution in [0.25, 0.3) is 5.82 Å². The molecule has 5 heteroatoms. The summed E-state index contributed by atoms with van der Waals surface area (Å²) in [5.74, 6) is 0.697. The normalized spacial score (nSPS) is 16.3. The van der Waals surface area contributed by atoms with Crippen LogP contribution in [0.15, 0.2) is 55.0 Å². The van der Waals surface area contributed by atoms with Gasteiger partial charge in [0.15, 0.2) is 0 Å². The number of amides is 1. The summed E-state index contributed by atoms with van der Waals surface area (Å²) in [5.41, 5.74) is 3.15. The largest absolute Gasteiger partial charge is 0.345 e. The van der Waals surface area contributed by atoms with E-state index in [0.29, 0.717) is 5.56 Å². The van der Waals surface area contributed by atoms with Gasteiger partial charge in [-0.2, -0.15) is 5.10 Å². The quantitative estimate of drug-likeness (QED) is 0.809. The Morgan fingerprint density at radius 1 is 1.22 bits per heavy atom. The van der Waals surface area contributed by atoms with Gasteiger partial charge >= 0.3 is 0 Å². The molecule has 3 aromatic rings. The van der Waals surface area contributed by atoms with Crippen LogP contribution in [0.3, 0.4) is 0 Å². The summed E-state index contributed by atoms with van der Waals surface area (Å²) in [5, 5.41) is 7.41. The molecule has 0 spiro atoms. The Kier molecular flexibility index (Phi) is 3.26. The first-order valence-corrected chi connectivity index (χ1v) is 7.78. The van der Waals surface area contributed by atoms with Gasteiger partial charge in [-0.05, 0) is 36.1 Å². The predicted molar refractivity (Wildman–Crippen MR) is 87.5 cm³/mol. The third-order valence-corrected chi connectivity index (χ3v) is 4.44. The summed E-state index contributed by atoms with van der Waals surface area (Å²) in [4.78, 5) is 12.8. The highest BCUT2D eigenvalue weighted by molar-refractivity contribution is 5.97. The molecule has 116 valence electrons. The van der Waals surface area contributed by atoms with Gasteiger partial charge in [0.05, 0.1) is 12.2 Å². The monoisotopic (exact) mass is 306 g/mol. The number of nitrogens with zero attached hydrogens (tertiary/aromatic N) is 3. The van der Waals surface area contributed by atoms with E-state index in [9.17, 15) is 4.79 Å². The first-order valence-electron chi connectivity index (χ1n) is 7.78. The van der Waals surface area contributed by atoms with Crippen LogP contribution in [0.2, 0.25) is 0 Å². The van der Waals surface area contributed by atoms with Gasteiger partial charge in [-0.25, -0.2) is 0 Å². The molecule has 1 aromatic carbocycles. The van der Waals surface area contributed by atoms with E-state index in [4.69, 9.17) is 0 Å². The number of carbonyl (C=O) groups is 1. The fourth-order valence-electron chi connectivity index (χ4n) is 3.32. The number of hydrogen-bond donors (Lipinski definition) is 1. The van der Waals surface area contributed by atoms with Crippen molar-refractivity contribution in [2.75, 3.05) is 0 Å². The molecule has 1 atom stereocenters. The maximum Gasteiger partial charge on any atom is 0.257 e. The lowest BCUT2D eigenvalue weighted by Gasteiger charge is -2.14.